The molecule has 4 bridgehead atoms. The van der Waals surface area contributed by atoms with E-state index in [4.69, 9.17) is 20.9 Å². The van der Waals surface area contributed by atoms with Gasteiger partial charge in [-0.25, -0.2) is 4.79 Å². The molecule has 0 fully saturated rings. The van der Waals surface area contributed by atoms with Crippen molar-refractivity contribution in [1.82, 2.24) is 20.9 Å². The highest BCUT2D eigenvalue weighted by atomic mass is 16.5. The van der Waals surface area contributed by atoms with E-state index in [1.165, 1.54) is 11.9 Å². The molecular weight excluding hydrogens is 520 g/mol. The average Bonchev–Trinajstić information content (AvgIpc) is 2.93. The van der Waals surface area contributed by atoms with E-state index in [1.54, 1.807) is 43.4 Å². The number of likely N-dealkylation sites (N-methyl/N-ethyl adjacent to an activating group) is 2. The van der Waals surface area contributed by atoms with Crippen LogP contribution in [0.25, 0.3) is 11.1 Å². The number of carboxylic acids is 1. The van der Waals surface area contributed by atoms with Crippen molar-refractivity contribution < 1.29 is 33.8 Å². The number of hydrogen-bond acceptors (Lipinski definition) is 9. The Morgan fingerprint density at radius 1 is 1.05 bits per heavy atom. The van der Waals surface area contributed by atoms with Crippen molar-refractivity contribution in [3.05, 3.63) is 47.5 Å². The molecule has 0 saturated carbocycles. The van der Waals surface area contributed by atoms with Gasteiger partial charge in [-0.1, -0.05) is 12.1 Å². The van der Waals surface area contributed by atoms with Crippen LogP contribution >= 0.6 is 0 Å². The summed E-state index contributed by atoms with van der Waals surface area (Å²) in [6, 6.07) is 7.83. The van der Waals surface area contributed by atoms with Crippen LogP contribution in [-0.4, -0.2) is 93.2 Å². The molecule has 1 heterocycles. The van der Waals surface area contributed by atoms with Gasteiger partial charge in [0.1, 0.15) is 36.8 Å². The Morgan fingerprint density at radius 2 is 1.68 bits per heavy atom. The molecule has 2 aromatic carbocycles. The number of nitrogens with two attached hydrogens (primary N) is 2. The van der Waals surface area contributed by atoms with Gasteiger partial charge in [-0.2, -0.15) is 0 Å². The number of carboxylic acid groups (broad SMARTS) is 1. The predicted octanol–water partition coefficient (Wildman–Crippen LogP) is -1.01. The van der Waals surface area contributed by atoms with E-state index in [2.05, 4.69) is 16.0 Å². The number of nitrogens with one attached hydrogen (secondary N) is 3. The standard InChI is InChI=1S/C27H36N6O7/c1-30-15-24(35)33(2)25-17-4-6-22(40-10-8-29)19(13-17)18-11-16(3-5-21(18)39-9-7-28)12-20(27(37)38)32-23(34)14-31-26(25)36/h3-6,11,13,20,25,30H,7-10,12,14-15,28-29H2,1-2H3,(H,31,36)(H,32,34)(H,37,38). The lowest BCUT2D eigenvalue weighted by Crippen LogP contribution is -2.49. The van der Waals surface area contributed by atoms with E-state index in [1.807, 2.05) is 0 Å². The number of rotatable bonds is 10. The number of amides is 3. The van der Waals surface area contributed by atoms with Gasteiger partial charge in [0.2, 0.25) is 17.7 Å². The molecule has 2 aromatic rings. The Hall–Kier alpha value is -4.20. The number of ether oxygens (including phenoxy) is 2. The minimum absolute atomic E-state index is 0.0231. The van der Waals surface area contributed by atoms with Gasteiger partial charge in [-0.05, 0) is 42.4 Å². The number of aliphatic carboxylic acids is 1. The van der Waals surface area contributed by atoms with Gasteiger partial charge in [0, 0.05) is 37.7 Å². The van der Waals surface area contributed by atoms with Gasteiger partial charge >= 0.3 is 5.97 Å². The maximum Gasteiger partial charge on any atom is 0.326 e. The second kappa shape index (κ2) is 14.3. The summed E-state index contributed by atoms with van der Waals surface area (Å²) >= 11 is 0. The molecule has 0 aliphatic carbocycles. The van der Waals surface area contributed by atoms with Gasteiger partial charge in [0.15, 0.2) is 0 Å². The molecule has 0 radical (unpaired) electrons. The zero-order valence-corrected chi connectivity index (χ0v) is 22.6. The fourth-order valence-electron chi connectivity index (χ4n) is 4.35. The zero-order chi connectivity index (χ0) is 29.2. The molecule has 2 atom stereocenters. The maximum atomic E-state index is 13.4. The van der Waals surface area contributed by atoms with Crippen LogP contribution in [0.4, 0.5) is 0 Å². The summed E-state index contributed by atoms with van der Waals surface area (Å²) in [5, 5.41) is 17.5. The van der Waals surface area contributed by atoms with Crippen LogP contribution in [-0.2, 0) is 25.6 Å². The van der Waals surface area contributed by atoms with E-state index in [0.717, 1.165) is 0 Å². The van der Waals surface area contributed by atoms with Crippen molar-refractivity contribution in [1.29, 1.82) is 0 Å². The van der Waals surface area contributed by atoms with Crippen molar-refractivity contribution >= 4 is 23.7 Å². The maximum absolute atomic E-state index is 13.4. The highest BCUT2D eigenvalue weighted by molar-refractivity contribution is 5.93. The van der Waals surface area contributed by atoms with Crippen molar-refractivity contribution in [2.45, 2.75) is 18.5 Å². The number of carbonyl (C=O) groups is 4. The van der Waals surface area contributed by atoms with Crippen LogP contribution in [0, 0.1) is 0 Å². The fourth-order valence-corrected chi connectivity index (χ4v) is 4.35. The molecular formula is C27H36N6O7. The lowest BCUT2D eigenvalue weighted by Gasteiger charge is -2.29. The third kappa shape index (κ3) is 7.46. The molecule has 40 heavy (non-hydrogen) atoms. The first-order chi connectivity index (χ1) is 19.2. The molecule has 1 aliphatic rings. The molecule has 216 valence electrons. The third-order valence-corrected chi connectivity index (χ3v) is 6.26. The van der Waals surface area contributed by atoms with Crippen molar-refractivity contribution in [2.24, 2.45) is 11.5 Å². The highest BCUT2D eigenvalue weighted by Gasteiger charge is 2.31. The Labute approximate surface area is 232 Å². The SMILES string of the molecule is CNCC(=O)N(C)C1C(=O)NCC(=O)NC(C(=O)O)Cc2ccc(OCCN)c(c2)-c2cc1ccc2OCCN. The second-order valence-electron chi connectivity index (χ2n) is 9.18. The Kier molecular flexibility index (Phi) is 10.8. The first kappa shape index (κ1) is 30.3. The summed E-state index contributed by atoms with van der Waals surface area (Å²) in [6.45, 7) is 0.433. The summed E-state index contributed by atoms with van der Waals surface area (Å²) in [7, 11) is 3.10. The van der Waals surface area contributed by atoms with Gasteiger partial charge in [0.25, 0.3) is 0 Å². The number of fused-ring (bicyclic) bond motifs is 5. The average molecular weight is 557 g/mol. The first-order valence-corrected chi connectivity index (χ1v) is 12.8. The molecule has 0 aromatic heterocycles. The molecule has 13 nitrogen and oxygen atoms in total. The third-order valence-electron chi connectivity index (χ3n) is 6.26. The normalized spacial score (nSPS) is 17.2. The van der Waals surface area contributed by atoms with Crippen LogP contribution in [0.3, 0.4) is 0 Å². The Balaban J connectivity index is 2.28. The van der Waals surface area contributed by atoms with Crippen LogP contribution in [0.15, 0.2) is 36.4 Å². The van der Waals surface area contributed by atoms with Crippen LogP contribution in [0.5, 0.6) is 11.5 Å². The molecule has 13 heteroatoms. The molecule has 3 amide bonds. The van der Waals surface area contributed by atoms with Crippen LogP contribution in [0.1, 0.15) is 17.2 Å². The van der Waals surface area contributed by atoms with Crippen LogP contribution < -0.4 is 36.9 Å². The lowest BCUT2D eigenvalue weighted by molar-refractivity contribution is -0.142. The number of carbonyl (C=O) groups excluding carboxylic acids is 3. The van der Waals surface area contributed by atoms with E-state index in [-0.39, 0.29) is 45.2 Å². The summed E-state index contributed by atoms with van der Waals surface area (Å²) in [5.41, 5.74) is 13.5. The molecule has 0 spiro atoms. The minimum Gasteiger partial charge on any atom is -0.492 e. The molecule has 8 N–H and O–H groups in total. The highest BCUT2D eigenvalue weighted by Crippen LogP contribution is 2.40. The zero-order valence-electron chi connectivity index (χ0n) is 22.6. The quantitative estimate of drug-likeness (QED) is 0.211. The van der Waals surface area contributed by atoms with Gasteiger partial charge in [-0.3, -0.25) is 14.4 Å². The molecule has 3 rings (SSSR count). The van der Waals surface area contributed by atoms with E-state index in [9.17, 15) is 24.3 Å². The number of nitrogens with zero attached hydrogens (tertiary/aromatic N) is 1. The van der Waals surface area contributed by atoms with Gasteiger partial charge < -0.3 is 46.9 Å². The van der Waals surface area contributed by atoms with Crippen molar-refractivity contribution in [3.63, 3.8) is 0 Å². The topological polar surface area (TPSA) is 198 Å². The summed E-state index contributed by atoms with van der Waals surface area (Å²) in [4.78, 5) is 52.1. The van der Waals surface area contributed by atoms with Crippen molar-refractivity contribution in [2.75, 3.05) is 53.5 Å². The second-order valence-corrected chi connectivity index (χ2v) is 9.18. The minimum atomic E-state index is -1.26. The van der Waals surface area contributed by atoms with E-state index < -0.39 is 36.4 Å². The Bertz CT molecular complexity index is 1240. The van der Waals surface area contributed by atoms with Gasteiger partial charge in [0.05, 0.1) is 13.1 Å². The summed E-state index contributed by atoms with van der Waals surface area (Å²) < 4.78 is 11.8. The van der Waals surface area contributed by atoms with E-state index >= 15 is 0 Å². The first-order valence-electron chi connectivity index (χ1n) is 12.8. The predicted molar refractivity (Wildman–Crippen MR) is 147 cm³/mol. The van der Waals surface area contributed by atoms with E-state index in [0.29, 0.717) is 33.8 Å². The lowest BCUT2D eigenvalue weighted by atomic mass is 9.94. The molecule has 2 unspecified atom stereocenters. The fraction of sp³-hybridized carbons (Fsp3) is 0.407. The summed E-state index contributed by atoms with van der Waals surface area (Å²) in [5.74, 6) is -2.01. The smallest absolute Gasteiger partial charge is 0.326 e. The summed E-state index contributed by atoms with van der Waals surface area (Å²) in [6.07, 6.45) is -0.0260. The molecule has 0 saturated heterocycles. The van der Waals surface area contributed by atoms with Gasteiger partial charge in [-0.15, -0.1) is 0 Å². The monoisotopic (exact) mass is 556 g/mol. The molecule has 1 aliphatic heterocycles. The Morgan fingerprint density at radius 3 is 2.27 bits per heavy atom. The largest absolute Gasteiger partial charge is 0.492 e. The number of benzene rings is 2. The van der Waals surface area contributed by atoms with Crippen molar-refractivity contribution in [3.8, 4) is 22.6 Å². The van der Waals surface area contributed by atoms with Crippen LogP contribution in [0.2, 0.25) is 0 Å². The number of hydrogen-bond donors (Lipinski definition) is 6.